The van der Waals surface area contributed by atoms with Crippen molar-refractivity contribution in [3.63, 3.8) is 0 Å². The number of rotatable bonds is 7. The van der Waals surface area contributed by atoms with Gasteiger partial charge in [-0.2, -0.15) is 26.3 Å². The number of alkyl halides is 6. The summed E-state index contributed by atoms with van der Waals surface area (Å²) in [5.41, 5.74) is -2.02. The van der Waals surface area contributed by atoms with Crippen molar-refractivity contribution in [2.75, 3.05) is 25.0 Å². The van der Waals surface area contributed by atoms with Crippen LogP contribution in [0.1, 0.15) is 23.3 Å². The van der Waals surface area contributed by atoms with E-state index >= 15 is 0 Å². The van der Waals surface area contributed by atoms with Crippen molar-refractivity contribution in [2.45, 2.75) is 25.8 Å². The van der Waals surface area contributed by atoms with Crippen molar-refractivity contribution in [2.24, 2.45) is 4.99 Å². The van der Waals surface area contributed by atoms with Gasteiger partial charge < -0.3 is 16.0 Å². The molecule has 0 saturated heterocycles. The van der Waals surface area contributed by atoms with E-state index in [1.54, 1.807) is 6.92 Å². The summed E-state index contributed by atoms with van der Waals surface area (Å²) in [5, 5.41) is 9.57. The number of nitrogens with one attached hydrogen (secondary N) is 3. The Hall–Kier alpha value is -2.64. The van der Waals surface area contributed by atoms with Crippen LogP contribution in [0.5, 0.6) is 0 Å². The molecule has 29 heavy (non-hydrogen) atoms. The summed E-state index contributed by atoms with van der Waals surface area (Å²) < 4.78 is 75.5. The van der Waals surface area contributed by atoms with E-state index in [1.807, 2.05) is 0 Å². The zero-order valence-electron chi connectivity index (χ0n) is 15.0. The van der Waals surface area contributed by atoms with Gasteiger partial charge >= 0.3 is 12.4 Å². The predicted octanol–water partition coefficient (Wildman–Crippen LogP) is 3.14. The van der Waals surface area contributed by atoms with Gasteiger partial charge in [-0.25, -0.2) is 19.9 Å². The number of nitrogens with zero attached hydrogens (tertiary/aromatic N) is 4. The third-order valence-corrected chi connectivity index (χ3v) is 4.04. The second kappa shape index (κ2) is 9.71. The van der Waals surface area contributed by atoms with Crippen molar-refractivity contribution in [1.82, 2.24) is 25.6 Å². The smallest absolute Gasteiger partial charge is 0.357 e. The average Bonchev–Trinajstić information content (AvgIpc) is 3.12. The number of hydrogen-bond donors (Lipinski definition) is 3. The third kappa shape index (κ3) is 7.36. The maximum Gasteiger partial charge on any atom is 0.434 e. The predicted molar refractivity (Wildman–Crippen MR) is 95.5 cm³/mol. The fraction of sp³-hybridized carbons (Fsp3) is 0.467. The number of aliphatic imine (C=N–C) groups is 1. The lowest BCUT2D eigenvalue weighted by Gasteiger charge is -2.12. The molecule has 0 unspecified atom stereocenters. The summed E-state index contributed by atoms with van der Waals surface area (Å²) >= 11 is 0.851. The number of thiazole rings is 1. The normalized spacial score (nSPS) is 12.7. The van der Waals surface area contributed by atoms with Crippen LogP contribution in [0.4, 0.5) is 32.3 Å². The summed E-state index contributed by atoms with van der Waals surface area (Å²) in [6.07, 6.45) is -8.07. The SMILES string of the molecule is CCNC(=NCc1nc(C(F)(F)F)cs1)NCCNc1nccc(C(F)(F)F)n1. The van der Waals surface area contributed by atoms with Crippen LogP contribution in [0.3, 0.4) is 0 Å². The summed E-state index contributed by atoms with van der Waals surface area (Å²) in [6, 6.07) is 0.766. The van der Waals surface area contributed by atoms with Crippen LogP contribution in [-0.2, 0) is 18.9 Å². The van der Waals surface area contributed by atoms with Crippen LogP contribution in [0, 0.1) is 0 Å². The molecule has 0 atom stereocenters. The van der Waals surface area contributed by atoms with E-state index in [0.29, 0.717) is 12.5 Å². The van der Waals surface area contributed by atoms with Crippen LogP contribution in [0.2, 0.25) is 0 Å². The van der Waals surface area contributed by atoms with E-state index in [1.165, 1.54) is 0 Å². The lowest BCUT2D eigenvalue weighted by atomic mass is 10.4. The molecule has 2 aromatic heterocycles. The molecule has 7 nitrogen and oxygen atoms in total. The highest BCUT2D eigenvalue weighted by molar-refractivity contribution is 7.09. The van der Waals surface area contributed by atoms with E-state index in [9.17, 15) is 26.3 Å². The molecule has 0 aromatic carbocycles. The molecule has 2 heterocycles. The van der Waals surface area contributed by atoms with E-state index in [4.69, 9.17) is 0 Å². The summed E-state index contributed by atoms with van der Waals surface area (Å²) in [5.74, 6) is 0.147. The van der Waals surface area contributed by atoms with E-state index in [0.717, 1.165) is 29.0 Å². The highest BCUT2D eigenvalue weighted by atomic mass is 32.1. The molecule has 0 fully saturated rings. The van der Waals surface area contributed by atoms with Crippen LogP contribution in [0.25, 0.3) is 0 Å². The standard InChI is InChI=1S/C15H17F6N7S/c1-2-22-12(26-7-11-27-10(8-29-11)15(19,20)21)24-5-6-25-13-23-4-3-9(28-13)14(16,17)18/h3-4,8H,2,5-7H2,1H3,(H2,22,24,26)(H,23,25,28). The molecule has 14 heteroatoms. The molecule has 0 spiro atoms. The number of guanidine groups is 1. The topological polar surface area (TPSA) is 87.1 Å². The Balaban J connectivity index is 1.86. The number of halogens is 6. The maximum absolute atomic E-state index is 12.6. The van der Waals surface area contributed by atoms with Gasteiger partial charge in [-0.1, -0.05) is 0 Å². The van der Waals surface area contributed by atoms with Gasteiger partial charge in [0.1, 0.15) is 10.7 Å². The van der Waals surface area contributed by atoms with Crippen molar-refractivity contribution in [3.05, 3.63) is 34.0 Å². The van der Waals surface area contributed by atoms with Crippen LogP contribution < -0.4 is 16.0 Å². The highest BCUT2D eigenvalue weighted by Gasteiger charge is 2.34. The molecule has 0 bridgehead atoms. The zero-order valence-corrected chi connectivity index (χ0v) is 15.8. The highest BCUT2D eigenvalue weighted by Crippen LogP contribution is 2.30. The van der Waals surface area contributed by atoms with Gasteiger partial charge in [-0.3, -0.25) is 0 Å². The van der Waals surface area contributed by atoms with E-state index in [-0.39, 0.29) is 30.6 Å². The zero-order chi connectivity index (χ0) is 21.5. The van der Waals surface area contributed by atoms with Gasteiger partial charge in [0.05, 0.1) is 6.54 Å². The van der Waals surface area contributed by atoms with Crippen molar-refractivity contribution < 1.29 is 26.3 Å². The molecule has 0 saturated carbocycles. The van der Waals surface area contributed by atoms with E-state index < -0.39 is 23.7 Å². The number of anilines is 1. The fourth-order valence-electron chi connectivity index (χ4n) is 1.96. The fourth-order valence-corrected chi connectivity index (χ4v) is 2.68. The minimum atomic E-state index is -4.57. The van der Waals surface area contributed by atoms with Gasteiger partial charge in [0.2, 0.25) is 5.95 Å². The minimum Gasteiger partial charge on any atom is -0.357 e. The Morgan fingerprint density at radius 1 is 1.03 bits per heavy atom. The first-order valence-corrected chi connectivity index (χ1v) is 9.15. The van der Waals surface area contributed by atoms with E-state index in [2.05, 4.69) is 35.9 Å². The largest absolute Gasteiger partial charge is 0.434 e. The summed E-state index contributed by atoms with van der Waals surface area (Å²) in [4.78, 5) is 14.7. The first-order valence-electron chi connectivity index (χ1n) is 8.27. The lowest BCUT2D eigenvalue weighted by Crippen LogP contribution is -2.39. The van der Waals surface area contributed by atoms with Crippen molar-refractivity contribution >= 4 is 23.2 Å². The first kappa shape index (κ1) is 22.6. The second-order valence-corrected chi connectivity index (χ2v) is 6.38. The van der Waals surface area contributed by atoms with Gasteiger partial charge in [0, 0.05) is 31.2 Å². The van der Waals surface area contributed by atoms with Gasteiger partial charge in [0.25, 0.3) is 0 Å². The Morgan fingerprint density at radius 3 is 2.38 bits per heavy atom. The van der Waals surface area contributed by atoms with Crippen LogP contribution >= 0.6 is 11.3 Å². The average molecular weight is 441 g/mol. The molecule has 0 radical (unpaired) electrons. The van der Waals surface area contributed by atoms with Crippen molar-refractivity contribution in [3.8, 4) is 0 Å². The Labute approximate surface area is 165 Å². The maximum atomic E-state index is 12.6. The minimum absolute atomic E-state index is 0.0553. The molecule has 0 aliphatic heterocycles. The van der Waals surface area contributed by atoms with Gasteiger partial charge in [-0.05, 0) is 13.0 Å². The Bertz CT molecular complexity index is 818. The summed E-state index contributed by atoms with van der Waals surface area (Å²) in [7, 11) is 0. The Kier molecular flexibility index (Phi) is 7.59. The molecule has 0 aliphatic carbocycles. The second-order valence-electron chi connectivity index (χ2n) is 5.44. The van der Waals surface area contributed by atoms with Gasteiger partial charge in [-0.15, -0.1) is 11.3 Å². The Morgan fingerprint density at radius 2 is 1.76 bits per heavy atom. The monoisotopic (exact) mass is 441 g/mol. The molecule has 2 aromatic rings. The van der Waals surface area contributed by atoms with Crippen LogP contribution in [0.15, 0.2) is 22.6 Å². The third-order valence-electron chi connectivity index (χ3n) is 3.21. The van der Waals surface area contributed by atoms with Crippen molar-refractivity contribution in [1.29, 1.82) is 0 Å². The quantitative estimate of drug-likeness (QED) is 0.265. The number of aromatic nitrogens is 3. The van der Waals surface area contributed by atoms with Gasteiger partial charge in [0.15, 0.2) is 11.7 Å². The van der Waals surface area contributed by atoms with Crippen LogP contribution in [-0.4, -0.2) is 40.5 Å². The lowest BCUT2D eigenvalue weighted by molar-refractivity contribution is -0.141. The number of hydrogen-bond acceptors (Lipinski definition) is 6. The molecule has 160 valence electrons. The molecule has 0 amide bonds. The first-order chi connectivity index (χ1) is 13.6. The molecular weight excluding hydrogens is 424 g/mol. The molecule has 3 N–H and O–H groups in total. The molecule has 0 aliphatic rings. The summed E-state index contributed by atoms with van der Waals surface area (Å²) in [6.45, 7) is 2.68. The molecular formula is C15H17F6N7S. The molecule has 2 rings (SSSR count).